The lowest BCUT2D eigenvalue weighted by atomic mass is 9.89. The summed E-state index contributed by atoms with van der Waals surface area (Å²) in [5.41, 5.74) is 11.8. The van der Waals surface area contributed by atoms with E-state index in [2.05, 4.69) is 121 Å². The third-order valence-electron chi connectivity index (χ3n) is 10.0. The molecule has 7 aromatic carbocycles. The van der Waals surface area contributed by atoms with Gasteiger partial charge >= 0.3 is 0 Å². The van der Waals surface area contributed by atoms with E-state index in [0.717, 1.165) is 68.0 Å². The second-order valence-electron chi connectivity index (χ2n) is 13.1. The normalized spacial score (nSPS) is 12.5. The van der Waals surface area contributed by atoms with Crippen LogP contribution in [0.5, 0.6) is 0 Å². The van der Waals surface area contributed by atoms with Crippen molar-refractivity contribution in [2.75, 3.05) is 0 Å². The molecule has 0 bridgehead atoms. The number of benzene rings is 7. The van der Waals surface area contributed by atoms with E-state index in [1.54, 1.807) is 0 Å². The second kappa shape index (κ2) is 12.0. The number of aromatic nitrogens is 3. The first-order valence-electron chi connectivity index (χ1n) is 17.4. The average Bonchev–Trinajstić information content (AvgIpc) is 3.60. The molecule has 1 aliphatic rings. The molecule has 0 radical (unpaired) electrons. The largest absolute Gasteiger partial charge is 0.455 e. The zero-order chi connectivity index (χ0) is 33.7. The van der Waals surface area contributed by atoms with Crippen LogP contribution in [0.15, 0.2) is 162 Å². The topological polar surface area (TPSA) is 51.8 Å². The van der Waals surface area contributed by atoms with Gasteiger partial charge in [-0.15, -0.1) is 0 Å². The number of hydrogen-bond acceptors (Lipinski definition) is 4. The van der Waals surface area contributed by atoms with Crippen molar-refractivity contribution in [2.45, 2.75) is 12.8 Å². The van der Waals surface area contributed by atoms with E-state index < -0.39 is 0 Å². The van der Waals surface area contributed by atoms with Crippen LogP contribution < -0.4 is 0 Å². The van der Waals surface area contributed by atoms with Crippen molar-refractivity contribution in [3.63, 3.8) is 0 Å². The van der Waals surface area contributed by atoms with E-state index in [1.807, 2.05) is 42.5 Å². The van der Waals surface area contributed by atoms with Crippen LogP contribution in [-0.4, -0.2) is 15.0 Å². The highest BCUT2D eigenvalue weighted by atomic mass is 16.3. The third-order valence-corrected chi connectivity index (χ3v) is 10.0. The Morgan fingerprint density at radius 2 is 1.16 bits per heavy atom. The second-order valence-corrected chi connectivity index (χ2v) is 13.1. The first kappa shape index (κ1) is 29.3. The maximum absolute atomic E-state index is 6.69. The number of aryl methyl sites for hydroxylation is 1. The van der Waals surface area contributed by atoms with Gasteiger partial charge < -0.3 is 4.42 Å². The van der Waals surface area contributed by atoms with Crippen molar-refractivity contribution >= 4 is 38.8 Å². The summed E-state index contributed by atoms with van der Waals surface area (Å²) < 4.78 is 6.69. The van der Waals surface area contributed by atoms with E-state index in [-0.39, 0.29) is 0 Å². The minimum Gasteiger partial charge on any atom is -0.455 e. The molecule has 9 aromatic rings. The molecule has 2 heterocycles. The Kier molecular flexibility index (Phi) is 6.91. The maximum Gasteiger partial charge on any atom is 0.164 e. The summed E-state index contributed by atoms with van der Waals surface area (Å²) in [5, 5.41) is 4.33. The number of nitrogens with zero attached hydrogens (tertiary/aromatic N) is 3. The molecular weight excluding hydrogens is 623 g/mol. The molecule has 0 saturated carbocycles. The lowest BCUT2D eigenvalue weighted by Gasteiger charge is -2.15. The average molecular weight is 654 g/mol. The van der Waals surface area contributed by atoms with Crippen molar-refractivity contribution in [3.8, 4) is 56.4 Å². The predicted octanol–water partition coefficient (Wildman–Crippen LogP) is 12.2. The molecule has 51 heavy (non-hydrogen) atoms. The number of furan rings is 1. The summed E-state index contributed by atoms with van der Waals surface area (Å²) >= 11 is 0. The molecule has 4 heteroatoms. The van der Waals surface area contributed by atoms with Crippen LogP contribution in [0, 0.1) is 0 Å². The number of allylic oxidation sites excluding steroid dienone is 1. The van der Waals surface area contributed by atoms with Gasteiger partial charge in [-0.1, -0.05) is 140 Å². The zero-order valence-corrected chi connectivity index (χ0v) is 27.8. The SMILES string of the molecule is C1=Cc2c(cccc2-c2ccc(-c3ccc(-c4nc(-c5ccccc5)nc(-c5ccc6ccccc6c5)n4)c4c3oc3ccccc34)cc2)CC1. The van der Waals surface area contributed by atoms with Gasteiger partial charge in [0.05, 0.1) is 0 Å². The van der Waals surface area contributed by atoms with Crippen LogP contribution in [0.4, 0.5) is 0 Å². The molecule has 240 valence electrons. The van der Waals surface area contributed by atoms with E-state index in [0.29, 0.717) is 17.5 Å². The Labute approximate surface area is 295 Å². The smallest absolute Gasteiger partial charge is 0.164 e. The van der Waals surface area contributed by atoms with E-state index in [9.17, 15) is 0 Å². The molecule has 10 rings (SSSR count). The molecule has 1 aliphatic carbocycles. The molecular formula is C47H31N3O. The molecule has 0 saturated heterocycles. The summed E-state index contributed by atoms with van der Waals surface area (Å²) in [4.78, 5) is 15.3. The molecule has 0 amide bonds. The van der Waals surface area contributed by atoms with Gasteiger partial charge in [0.2, 0.25) is 0 Å². The fourth-order valence-corrected chi connectivity index (χ4v) is 7.46. The van der Waals surface area contributed by atoms with Gasteiger partial charge in [0.1, 0.15) is 11.2 Å². The number of fused-ring (bicyclic) bond motifs is 5. The molecule has 0 atom stereocenters. The van der Waals surface area contributed by atoms with Crippen LogP contribution in [-0.2, 0) is 6.42 Å². The Morgan fingerprint density at radius 1 is 0.471 bits per heavy atom. The van der Waals surface area contributed by atoms with Crippen molar-refractivity contribution < 1.29 is 4.42 Å². The fraction of sp³-hybridized carbons (Fsp3) is 0.0426. The van der Waals surface area contributed by atoms with Crippen LogP contribution in [0.3, 0.4) is 0 Å². The van der Waals surface area contributed by atoms with Gasteiger partial charge in [-0.3, -0.25) is 0 Å². The molecule has 4 nitrogen and oxygen atoms in total. The fourth-order valence-electron chi connectivity index (χ4n) is 7.46. The monoisotopic (exact) mass is 653 g/mol. The number of rotatable bonds is 5. The van der Waals surface area contributed by atoms with Crippen LogP contribution in [0.2, 0.25) is 0 Å². The summed E-state index contributed by atoms with van der Waals surface area (Å²) in [7, 11) is 0. The number of para-hydroxylation sites is 1. The predicted molar refractivity (Wildman–Crippen MR) is 209 cm³/mol. The van der Waals surface area contributed by atoms with Gasteiger partial charge in [-0.05, 0) is 75.7 Å². The molecule has 0 unspecified atom stereocenters. The van der Waals surface area contributed by atoms with Gasteiger partial charge in [0.25, 0.3) is 0 Å². The van der Waals surface area contributed by atoms with E-state index >= 15 is 0 Å². The quantitative estimate of drug-likeness (QED) is 0.185. The van der Waals surface area contributed by atoms with E-state index in [1.165, 1.54) is 27.6 Å². The van der Waals surface area contributed by atoms with Crippen molar-refractivity contribution in [3.05, 3.63) is 169 Å². The molecule has 0 aliphatic heterocycles. The van der Waals surface area contributed by atoms with Gasteiger partial charge in [0.15, 0.2) is 17.5 Å². The summed E-state index contributed by atoms with van der Waals surface area (Å²) in [6, 6.07) is 52.9. The third kappa shape index (κ3) is 5.12. The van der Waals surface area contributed by atoms with Crippen molar-refractivity contribution in [1.82, 2.24) is 15.0 Å². The van der Waals surface area contributed by atoms with E-state index in [4.69, 9.17) is 19.4 Å². The maximum atomic E-state index is 6.69. The minimum atomic E-state index is 0.604. The Hall–Kier alpha value is -6.65. The summed E-state index contributed by atoms with van der Waals surface area (Å²) in [5.74, 6) is 1.86. The summed E-state index contributed by atoms with van der Waals surface area (Å²) in [6.07, 6.45) is 6.74. The first-order valence-corrected chi connectivity index (χ1v) is 17.4. The molecule has 0 N–H and O–H groups in total. The van der Waals surface area contributed by atoms with Crippen molar-refractivity contribution in [2.24, 2.45) is 0 Å². The van der Waals surface area contributed by atoms with Crippen LogP contribution in [0.25, 0.3) is 95.2 Å². The zero-order valence-electron chi connectivity index (χ0n) is 27.8. The standard InChI is InChI=1S/C47H31N3O/c1-2-13-34(14-3-1)45-48-46(36-26-21-30-11-4-5-15-35(30)29-36)50-47(49-45)41-28-27-39(44-43(41)40-18-8-9-20-42(40)51-44)33-24-22-32(23-25-33)38-19-10-16-31-12-6-7-17-37(31)38/h1-5,7-11,13-29H,6,12H2. The lowest BCUT2D eigenvalue weighted by Crippen LogP contribution is -2.00. The Morgan fingerprint density at radius 3 is 2.02 bits per heavy atom. The molecule has 0 spiro atoms. The van der Waals surface area contributed by atoms with Crippen LogP contribution >= 0.6 is 0 Å². The molecule has 0 fully saturated rings. The van der Waals surface area contributed by atoms with Gasteiger partial charge in [-0.2, -0.15) is 0 Å². The highest BCUT2D eigenvalue weighted by molar-refractivity contribution is 6.15. The summed E-state index contributed by atoms with van der Waals surface area (Å²) in [6.45, 7) is 0. The van der Waals surface area contributed by atoms with Gasteiger partial charge in [0, 0.05) is 33.0 Å². The Balaban J connectivity index is 1.15. The lowest BCUT2D eigenvalue weighted by molar-refractivity contribution is 0.670. The van der Waals surface area contributed by atoms with Crippen LogP contribution in [0.1, 0.15) is 17.5 Å². The van der Waals surface area contributed by atoms with Crippen molar-refractivity contribution in [1.29, 1.82) is 0 Å². The molecule has 2 aromatic heterocycles. The van der Waals surface area contributed by atoms with Gasteiger partial charge in [-0.25, -0.2) is 15.0 Å². The highest BCUT2D eigenvalue weighted by Gasteiger charge is 2.21. The first-order chi connectivity index (χ1) is 25.3. The highest BCUT2D eigenvalue weighted by Crippen LogP contribution is 2.42. The number of hydrogen-bond donors (Lipinski definition) is 0. The minimum absolute atomic E-state index is 0.604. The Bertz CT molecular complexity index is 2800.